The molecule has 0 saturated carbocycles. The van der Waals surface area contributed by atoms with Gasteiger partial charge in [-0.15, -0.1) is 0 Å². The van der Waals surface area contributed by atoms with Gasteiger partial charge in [0.05, 0.1) is 18.9 Å². The third-order valence-electron chi connectivity index (χ3n) is 6.36. The van der Waals surface area contributed by atoms with Gasteiger partial charge in [-0.3, -0.25) is 19.5 Å². The van der Waals surface area contributed by atoms with Crippen molar-refractivity contribution < 1.29 is 18.7 Å². The van der Waals surface area contributed by atoms with Crippen LogP contribution >= 0.6 is 0 Å². The van der Waals surface area contributed by atoms with Crippen LogP contribution in [-0.2, 0) is 10.3 Å². The van der Waals surface area contributed by atoms with Crippen molar-refractivity contribution in [2.24, 2.45) is 0 Å². The smallest absolute Gasteiger partial charge is 0.271 e. The van der Waals surface area contributed by atoms with Crippen LogP contribution in [0.3, 0.4) is 0 Å². The number of rotatable bonds is 6. The van der Waals surface area contributed by atoms with Gasteiger partial charge in [-0.05, 0) is 48.2 Å². The molecule has 2 heterocycles. The van der Waals surface area contributed by atoms with E-state index in [4.69, 9.17) is 4.74 Å². The summed E-state index contributed by atoms with van der Waals surface area (Å²) in [5.74, 6) is -0.938. The molecule has 0 radical (unpaired) electrons. The van der Waals surface area contributed by atoms with Crippen LogP contribution in [0.5, 0.6) is 5.75 Å². The minimum atomic E-state index is -1.53. The van der Waals surface area contributed by atoms with Gasteiger partial charge < -0.3 is 10.1 Å². The van der Waals surface area contributed by atoms with E-state index >= 15 is 0 Å². The number of nitriles is 1. The Bertz CT molecular complexity index is 1530. The lowest BCUT2D eigenvalue weighted by molar-refractivity contribution is -0.123. The highest BCUT2D eigenvalue weighted by molar-refractivity contribution is 6.15. The second-order valence-electron chi connectivity index (χ2n) is 8.43. The van der Waals surface area contributed by atoms with Gasteiger partial charge in [0, 0.05) is 35.3 Å². The Hall–Kier alpha value is -4.77. The highest BCUT2D eigenvalue weighted by atomic mass is 19.1. The van der Waals surface area contributed by atoms with Crippen molar-refractivity contribution in [3.8, 4) is 11.8 Å². The lowest BCUT2D eigenvalue weighted by atomic mass is 9.86. The number of carbonyl (C=O) groups excluding carboxylic acids is 2. The van der Waals surface area contributed by atoms with Crippen LogP contribution in [0.25, 0.3) is 10.8 Å². The quantitative estimate of drug-likeness (QED) is 0.420. The van der Waals surface area contributed by atoms with Crippen LogP contribution in [0.2, 0.25) is 0 Å². The monoisotopic (exact) mass is 480 g/mol. The average molecular weight is 480 g/mol. The molecule has 0 spiro atoms. The number of ether oxygens (including phenoxy) is 1. The van der Waals surface area contributed by atoms with Gasteiger partial charge >= 0.3 is 0 Å². The number of pyridine rings is 1. The molecule has 0 saturated heterocycles. The van der Waals surface area contributed by atoms with E-state index < -0.39 is 23.2 Å². The summed E-state index contributed by atoms with van der Waals surface area (Å²) in [6, 6.07) is 21.8. The van der Waals surface area contributed by atoms with E-state index in [2.05, 4.69) is 16.4 Å². The first-order chi connectivity index (χ1) is 17.5. The Morgan fingerprint density at radius 3 is 2.58 bits per heavy atom. The Morgan fingerprint density at radius 1 is 1.11 bits per heavy atom. The van der Waals surface area contributed by atoms with Crippen molar-refractivity contribution in [3.63, 3.8) is 0 Å². The fourth-order valence-corrected chi connectivity index (χ4v) is 4.58. The summed E-state index contributed by atoms with van der Waals surface area (Å²) >= 11 is 0. The number of benzene rings is 3. The zero-order valence-electron chi connectivity index (χ0n) is 19.4. The molecule has 2 amide bonds. The van der Waals surface area contributed by atoms with Crippen molar-refractivity contribution in [1.29, 1.82) is 5.26 Å². The maximum Gasteiger partial charge on any atom is 0.271 e. The number of hydrogen-bond acceptors (Lipinski definition) is 5. The van der Waals surface area contributed by atoms with Gasteiger partial charge in [0.15, 0.2) is 0 Å². The molecule has 3 aromatic carbocycles. The summed E-state index contributed by atoms with van der Waals surface area (Å²) in [5, 5.41) is 14.0. The molecule has 0 fully saturated rings. The average Bonchev–Trinajstić information content (AvgIpc) is 3.14. The molecule has 1 aliphatic rings. The maximum absolute atomic E-state index is 14.1. The molecule has 7 nitrogen and oxygen atoms in total. The predicted octanol–water partition coefficient (Wildman–Crippen LogP) is 4.99. The van der Waals surface area contributed by atoms with Crippen molar-refractivity contribution >= 4 is 34.0 Å². The van der Waals surface area contributed by atoms with E-state index in [0.717, 1.165) is 10.8 Å². The van der Waals surface area contributed by atoms with E-state index in [-0.39, 0.29) is 18.5 Å². The minimum Gasteiger partial charge on any atom is -0.497 e. The van der Waals surface area contributed by atoms with Crippen LogP contribution < -0.4 is 15.0 Å². The zero-order chi connectivity index (χ0) is 25.3. The van der Waals surface area contributed by atoms with Crippen molar-refractivity contribution in [2.75, 3.05) is 12.0 Å². The van der Waals surface area contributed by atoms with Crippen molar-refractivity contribution in [3.05, 3.63) is 96.1 Å². The van der Waals surface area contributed by atoms with Crippen LogP contribution in [0.4, 0.5) is 15.8 Å². The zero-order valence-corrected chi connectivity index (χ0v) is 19.4. The van der Waals surface area contributed by atoms with Crippen LogP contribution in [-0.4, -0.2) is 23.9 Å². The number of nitrogens with one attached hydrogen (secondary N) is 1. The number of fused-ring (bicyclic) bond motifs is 2. The van der Waals surface area contributed by atoms with E-state index in [9.17, 15) is 19.2 Å². The molecule has 178 valence electrons. The first-order valence-electron chi connectivity index (χ1n) is 11.3. The highest BCUT2D eigenvalue weighted by Gasteiger charge is 2.52. The van der Waals surface area contributed by atoms with E-state index in [0.29, 0.717) is 22.7 Å². The van der Waals surface area contributed by atoms with Gasteiger partial charge in [-0.2, -0.15) is 5.26 Å². The Kier molecular flexibility index (Phi) is 5.82. The predicted molar refractivity (Wildman–Crippen MR) is 132 cm³/mol. The molecule has 36 heavy (non-hydrogen) atoms. The summed E-state index contributed by atoms with van der Waals surface area (Å²) in [6.45, 7) is 0. The molecule has 0 bridgehead atoms. The lowest BCUT2D eigenvalue weighted by Gasteiger charge is -2.29. The number of anilines is 2. The lowest BCUT2D eigenvalue weighted by Crippen LogP contribution is -2.52. The topological polar surface area (TPSA) is 95.3 Å². The maximum atomic E-state index is 14.1. The van der Waals surface area contributed by atoms with Crippen molar-refractivity contribution in [1.82, 2.24) is 10.3 Å². The van der Waals surface area contributed by atoms with E-state index in [1.54, 1.807) is 30.5 Å². The number of nitrogens with zero attached hydrogens (tertiary/aromatic N) is 3. The van der Waals surface area contributed by atoms with E-state index in [1.165, 1.54) is 36.3 Å². The number of methoxy groups -OCH3 is 1. The summed E-state index contributed by atoms with van der Waals surface area (Å²) in [7, 11) is 1.51. The SMILES string of the molecule is COc1ccc2c(c1)N(c1ccc(F)cc1)C(=O)C2(CCC#N)NC(=O)c1cc2ccccc2cn1. The molecular formula is C28H21FN4O3. The largest absolute Gasteiger partial charge is 0.497 e. The summed E-state index contributed by atoms with van der Waals surface area (Å²) < 4.78 is 19.0. The summed E-state index contributed by atoms with van der Waals surface area (Å²) in [4.78, 5) is 33.3. The summed E-state index contributed by atoms with van der Waals surface area (Å²) in [5.41, 5.74) is 0.0366. The van der Waals surface area contributed by atoms with Crippen molar-refractivity contribution in [2.45, 2.75) is 18.4 Å². The molecular weight excluding hydrogens is 459 g/mol. The molecule has 8 heteroatoms. The van der Waals surface area contributed by atoms with Crippen LogP contribution in [0.15, 0.2) is 79.0 Å². The molecule has 1 aliphatic heterocycles. The number of aromatic nitrogens is 1. The molecule has 5 rings (SSSR count). The number of amides is 2. The summed E-state index contributed by atoms with van der Waals surface area (Å²) in [6.07, 6.45) is 1.66. The molecule has 1 aromatic heterocycles. The second kappa shape index (κ2) is 9.12. The number of carbonyl (C=O) groups is 2. The molecule has 1 N–H and O–H groups in total. The Balaban J connectivity index is 1.63. The van der Waals surface area contributed by atoms with Gasteiger partial charge in [0.2, 0.25) is 0 Å². The van der Waals surface area contributed by atoms with Gasteiger partial charge in [-0.25, -0.2) is 4.39 Å². The first kappa shape index (κ1) is 23.0. The van der Waals surface area contributed by atoms with Gasteiger partial charge in [-0.1, -0.05) is 30.3 Å². The fourth-order valence-electron chi connectivity index (χ4n) is 4.58. The first-order valence-corrected chi connectivity index (χ1v) is 11.3. The molecule has 0 aliphatic carbocycles. The van der Waals surface area contributed by atoms with Gasteiger partial charge in [0.1, 0.15) is 22.8 Å². The number of halogens is 1. The third kappa shape index (κ3) is 3.81. The Labute approximate surface area is 206 Å². The highest BCUT2D eigenvalue weighted by Crippen LogP contribution is 2.48. The van der Waals surface area contributed by atoms with Crippen LogP contribution in [0, 0.1) is 17.1 Å². The van der Waals surface area contributed by atoms with Crippen LogP contribution in [0.1, 0.15) is 28.9 Å². The minimum absolute atomic E-state index is 0.0138. The number of hydrogen-bond donors (Lipinski definition) is 1. The molecule has 1 unspecified atom stereocenters. The fraction of sp³-hybridized carbons (Fsp3) is 0.143. The Morgan fingerprint density at radius 2 is 1.86 bits per heavy atom. The molecule has 1 atom stereocenters. The second-order valence-corrected chi connectivity index (χ2v) is 8.43. The normalized spacial score (nSPS) is 16.5. The molecule has 4 aromatic rings. The van der Waals surface area contributed by atoms with E-state index in [1.807, 2.05) is 24.3 Å². The van der Waals surface area contributed by atoms with Gasteiger partial charge in [0.25, 0.3) is 11.8 Å². The standard InChI is InChI=1S/C28H21FN4O3/c1-36-22-11-12-23-25(16-22)33(21-9-7-20(29)8-10-21)27(35)28(23,13-4-14-30)32-26(34)24-15-18-5-2-3-6-19(18)17-31-24/h2-3,5-12,15-17H,4,13H2,1H3,(H,32,34). The third-order valence-corrected chi connectivity index (χ3v) is 6.36.